The summed E-state index contributed by atoms with van der Waals surface area (Å²) in [5.74, 6) is 7.35. The Morgan fingerprint density at radius 3 is 2.58 bits per heavy atom. The van der Waals surface area contributed by atoms with Crippen molar-refractivity contribution in [1.29, 1.82) is 0 Å². The Morgan fingerprint density at radius 2 is 2.00 bits per heavy atom. The molecule has 19 heavy (non-hydrogen) atoms. The highest BCUT2D eigenvalue weighted by Crippen LogP contribution is 2.43. The lowest BCUT2D eigenvalue weighted by Crippen LogP contribution is -2.23. The van der Waals surface area contributed by atoms with Crippen LogP contribution in [-0.2, 0) is 4.79 Å². The number of ether oxygens (including phenoxy) is 1. The summed E-state index contributed by atoms with van der Waals surface area (Å²) in [4.78, 5) is 12.1. The quantitative estimate of drug-likeness (QED) is 0.350. The summed E-state index contributed by atoms with van der Waals surface area (Å²) in [6.45, 7) is 1.80. The van der Waals surface area contributed by atoms with Crippen molar-refractivity contribution in [2.45, 2.75) is 19.8 Å². The summed E-state index contributed by atoms with van der Waals surface area (Å²) in [5.41, 5.74) is 0.935. The van der Waals surface area contributed by atoms with Crippen LogP contribution >= 0.6 is 0 Å². The first-order valence-corrected chi connectivity index (χ1v) is 6.69. The first-order valence-electron chi connectivity index (χ1n) is 6.69. The summed E-state index contributed by atoms with van der Waals surface area (Å²) in [5, 5.41) is 0. The molecule has 1 aromatic carbocycles. The number of benzene rings is 1. The van der Waals surface area contributed by atoms with E-state index in [0.717, 1.165) is 18.4 Å². The van der Waals surface area contributed by atoms with Crippen molar-refractivity contribution in [2.24, 2.45) is 17.8 Å². The van der Waals surface area contributed by atoms with Gasteiger partial charge in [-0.25, -0.2) is 0 Å². The summed E-state index contributed by atoms with van der Waals surface area (Å²) < 4.78 is 5.46. The largest absolute Gasteiger partial charge is 0.426 e. The second kappa shape index (κ2) is 4.93. The van der Waals surface area contributed by atoms with Crippen LogP contribution in [0.3, 0.4) is 0 Å². The fourth-order valence-corrected chi connectivity index (χ4v) is 2.99. The van der Waals surface area contributed by atoms with Crippen LogP contribution in [0.2, 0.25) is 0 Å². The van der Waals surface area contributed by atoms with Gasteiger partial charge in [0.25, 0.3) is 0 Å². The monoisotopic (exact) mass is 252 g/mol. The number of hydrogen-bond donors (Lipinski definition) is 0. The SMILES string of the molecule is CC#Cc1ccc(OC(=O)C2CC3C=CC2C3)cc1. The van der Waals surface area contributed by atoms with Gasteiger partial charge in [-0.3, -0.25) is 4.79 Å². The van der Waals surface area contributed by atoms with Gasteiger partial charge in [-0.2, -0.15) is 0 Å². The number of esters is 1. The molecular weight excluding hydrogens is 236 g/mol. The minimum atomic E-state index is -0.0915. The molecule has 3 unspecified atom stereocenters. The molecule has 1 aromatic rings. The smallest absolute Gasteiger partial charge is 0.314 e. The van der Waals surface area contributed by atoms with Crippen LogP contribution in [0.5, 0.6) is 5.75 Å². The Balaban J connectivity index is 1.66. The molecule has 3 rings (SSSR count). The van der Waals surface area contributed by atoms with E-state index in [2.05, 4.69) is 24.0 Å². The molecule has 0 spiro atoms. The molecule has 0 aromatic heterocycles. The van der Waals surface area contributed by atoms with Crippen LogP contribution in [0.1, 0.15) is 25.3 Å². The van der Waals surface area contributed by atoms with Gasteiger partial charge < -0.3 is 4.74 Å². The van der Waals surface area contributed by atoms with E-state index in [-0.39, 0.29) is 11.9 Å². The van der Waals surface area contributed by atoms with Crippen molar-refractivity contribution in [1.82, 2.24) is 0 Å². The van der Waals surface area contributed by atoms with Crippen molar-refractivity contribution in [3.05, 3.63) is 42.0 Å². The van der Waals surface area contributed by atoms with Gasteiger partial charge in [0.05, 0.1) is 5.92 Å². The number of rotatable bonds is 2. The van der Waals surface area contributed by atoms with Crippen molar-refractivity contribution < 1.29 is 9.53 Å². The molecule has 0 N–H and O–H groups in total. The van der Waals surface area contributed by atoms with Crippen LogP contribution in [0, 0.1) is 29.6 Å². The molecule has 2 aliphatic rings. The molecule has 0 heterocycles. The number of fused-ring (bicyclic) bond motifs is 2. The van der Waals surface area contributed by atoms with E-state index in [1.165, 1.54) is 0 Å². The van der Waals surface area contributed by atoms with Gasteiger partial charge in [0.2, 0.25) is 0 Å². The Labute approximate surface area is 113 Å². The Hall–Kier alpha value is -2.01. The standard InChI is InChI=1S/C17H16O2/c1-2-3-12-5-8-15(9-6-12)19-17(18)16-11-13-4-7-14(16)10-13/h4-9,13-14,16H,10-11H2,1H3. The lowest BCUT2D eigenvalue weighted by molar-refractivity contribution is -0.139. The highest BCUT2D eigenvalue weighted by Gasteiger charge is 2.40. The molecule has 2 aliphatic carbocycles. The topological polar surface area (TPSA) is 26.3 Å². The molecule has 2 bridgehead atoms. The molecule has 2 heteroatoms. The lowest BCUT2D eigenvalue weighted by atomic mass is 9.94. The third kappa shape index (κ3) is 2.42. The summed E-state index contributed by atoms with van der Waals surface area (Å²) in [7, 11) is 0. The average molecular weight is 252 g/mol. The van der Waals surface area contributed by atoms with Gasteiger partial charge in [-0.05, 0) is 55.9 Å². The van der Waals surface area contributed by atoms with Crippen LogP contribution in [0.15, 0.2) is 36.4 Å². The second-order valence-corrected chi connectivity index (χ2v) is 5.21. The van der Waals surface area contributed by atoms with Crippen molar-refractivity contribution in [3.63, 3.8) is 0 Å². The number of carbonyl (C=O) groups excluding carboxylic acids is 1. The first kappa shape index (κ1) is 12.0. The Kier molecular flexibility index (Phi) is 3.13. The molecule has 3 atom stereocenters. The van der Waals surface area contributed by atoms with Gasteiger partial charge in [0.1, 0.15) is 5.75 Å². The third-order valence-electron chi connectivity index (χ3n) is 3.92. The zero-order valence-electron chi connectivity index (χ0n) is 10.9. The van der Waals surface area contributed by atoms with Crippen molar-refractivity contribution in [3.8, 4) is 17.6 Å². The van der Waals surface area contributed by atoms with E-state index >= 15 is 0 Å². The van der Waals surface area contributed by atoms with Crippen molar-refractivity contribution in [2.75, 3.05) is 0 Å². The molecule has 1 saturated carbocycles. The van der Waals surface area contributed by atoms with Gasteiger partial charge in [0, 0.05) is 5.56 Å². The molecule has 0 radical (unpaired) electrons. The fraction of sp³-hybridized carbons (Fsp3) is 0.353. The lowest BCUT2D eigenvalue weighted by Gasteiger charge is -2.16. The minimum absolute atomic E-state index is 0.0464. The molecule has 2 nitrogen and oxygen atoms in total. The summed E-state index contributed by atoms with van der Waals surface area (Å²) in [6, 6.07) is 7.36. The average Bonchev–Trinajstić information content (AvgIpc) is 3.04. The minimum Gasteiger partial charge on any atom is -0.426 e. The molecule has 1 fully saturated rings. The van der Waals surface area contributed by atoms with Gasteiger partial charge >= 0.3 is 5.97 Å². The summed E-state index contributed by atoms with van der Waals surface area (Å²) in [6.07, 6.45) is 6.46. The van der Waals surface area contributed by atoms with Gasteiger partial charge in [0.15, 0.2) is 0 Å². The van der Waals surface area contributed by atoms with Crippen LogP contribution in [0.4, 0.5) is 0 Å². The molecule has 96 valence electrons. The zero-order valence-corrected chi connectivity index (χ0v) is 10.9. The van der Waals surface area contributed by atoms with E-state index in [9.17, 15) is 4.79 Å². The normalized spacial score (nSPS) is 26.9. The second-order valence-electron chi connectivity index (χ2n) is 5.21. The highest BCUT2D eigenvalue weighted by molar-refractivity contribution is 5.76. The number of hydrogen-bond acceptors (Lipinski definition) is 2. The van der Waals surface area contributed by atoms with E-state index in [4.69, 9.17) is 4.74 Å². The van der Waals surface area contributed by atoms with E-state index in [1.807, 2.05) is 12.1 Å². The van der Waals surface area contributed by atoms with E-state index < -0.39 is 0 Å². The summed E-state index contributed by atoms with van der Waals surface area (Å²) >= 11 is 0. The number of allylic oxidation sites excluding steroid dienone is 2. The first-order chi connectivity index (χ1) is 9.26. The van der Waals surface area contributed by atoms with Crippen LogP contribution in [0.25, 0.3) is 0 Å². The molecule has 0 aliphatic heterocycles. The van der Waals surface area contributed by atoms with Crippen LogP contribution in [-0.4, -0.2) is 5.97 Å². The van der Waals surface area contributed by atoms with Gasteiger partial charge in [-0.1, -0.05) is 18.1 Å². The van der Waals surface area contributed by atoms with Crippen LogP contribution < -0.4 is 4.74 Å². The zero-order chi connectivity index (χ0) is 13.2. The Morgan fingerprint density at radius 1 is 1.21 bits per heavy atom. The highest BCUT2D eigenvalue weighted by atomic mass is 16.5. The fourth-order valence-electron chi connectivity index (χ4n) is 2.99. The molecule has 0 saturated heterocycles. The maximum absolute atomic E-state index is 12.1. The molecule has 0 amide bonds. The van der Waals surface area contributed by atoms with Crippen molar-refractivity contribution >= 4 is 5.97 Å². The van der Waals surface area contributed by atoms with E-state index in [0.29, 0.717) is 17.6 Å². The molecular formula is C17H16O2. The predicted molar refractivity (Wildman–Crippen MR) is 73.5 cm³/mol. The van der Waals surface area contributed by atoms with Gasteiger partial charge in [-0.15, -0.1) is 5.92 Å². The Bertz CT molecular complexity index is 572. The maximum Gasteiger partial charge on any atom is 0.314 e. The third-order valence-corrected chi connectivity index (χ3v) is 3.92. The number of carbonyl (C=O) groups is 1. The predicted octanol–water partition coefficient (Wildman–Crippen LogP) is 3.18. The maximum atomic E-state index is 12.1. The van der Waals surface area contributed by atoms with E-state index in [1.54, 1.807) is 19.1 Å².